The van der Waals surface area contributed by atoms with Crippen molar-refractivity contribution in [3.8, 4) is 11.1 Å². The summed E-state index contributed by atoms with van der Waals surface area (Å²) in [4.78, 5) is 0. The van der Waals surface area contributed by atoms with Crippen molar-refractivity contribution in [2.75, 3.05) is 0 Å². The fraction of sp³-hybridized carbons (Fsp3) is 0.115. The van der Waals surface area contributed by atoms with Crippen LogP contribution in [0.3, 0.4) is 0 Å². The average molecular weight is 512 g/mol. The molecule has 129 valence electrons. The summed E-state index contributed by atoms with van der Waals surface area (Å²) in [5, 5.41) is 0. The van der Waals surface area contributed by atoms with E-state index in [4.69, 9.17) is 0 Å². The maximum absolute atomic E-state index is 2.40. The van der Waals surface area contributed by atoms with Crippen molar-refractivity contribution in [3.63, 3.8) is 0 Å². The number of benzene rings is 3. The summed E-state index contributed by atoms with van der Waals surface area (Å²) < 4.78 is 3.34. The molecule has 0 saturated carbocycles. The van der Waals surface area contributed by atoms with Crippen LogP contribution in [0, 0.1) is 0 Å². The van der Waals surface area contributed by atoms with Crippen LogP contribution < -0.4 is 3.32 Å². The molecule has 0 radical (unpaired) electrons. The van der Waals surface area contributed by atoms with Crippen molar-refractivity contribution in [2.24, 2.45) is 0 Å². The molecule has 2 aliphatic rings. The van der Waals surface area contributed by atoms with Gasteiger partial charge in [0.05, 0.1) is 0 Å². The van der Waals surface area contributed by atoms with Gasteiger partial charge in [0.15, 0.2) is 0 Å². The molecule has 1 heteroatoms. The summed E-state index contributed by atoms with van der Waals surface area (Å²) in [6.45, 7) is 2.37. The summed E-state index contributed by atoms with van der Waals surface area (Å²) in [6.07, 6.45) is 8.98. The molecule has 0 unspecified atom stereocenters. The van der Waals surface area contributed by atoms with Gasteiger partial charge in [0.25, 0.3) is 0 Å². The number of fused-ring (bicyclic) bond motifs is 3. The van der Waals surface area contributed by atoms with Gasteiger partial charge in [0.2, 0.25) is 0 Å². The van der Waals surface area contributed by atoms with Crippen molar-refractivity contribution in [1.29, 1.82) is 0 Å². The second-order valence-electron chi connectivity index (χ2n) is 7.29. The molecule has 2 aliphatic carbocycles. The molecule has 0 nitrogen and oxygen atoms in total. The van der Waals surface area contributed by atoms with E-state index in [9.17, 15) is 0 Å². The van der Waals surface area contributed by atoms with Crippen molar-refractivity contribution < 1.29 is 22.4 Å². The van der Waals surface area contributed by atoms with Crippen LogP contribution in [0.5, 0.6) is 0 Å². The monoisotopic (exact) mass is 513 g/mol. The Bertz CT molecular complexity index is 1110. The van der Waals surface area contributed by atoms with Gasteiger partial charge in [-0.25, -0.2) is 0 Å². The number of rotatable bonds is 3. The molecule has 0 aliphatic heterocycles. The van der Waals surface area contributed by atoms with Crippen LogP contribution in [0.4, 0.5) is 0 Å². The van der Waals surface area contributed by atoms with Crippen LogP contribution in [-0.4, -0.2) is 3.26 Å². The van der Waals surface area contributed by atoms with E-state index in [0.717, 1.165) is 12.8 Å². The third kappa shape index (κ3) is 3.08. The summed E-state index contributed by atoms with van der Waals surface area (Å²) in [7, 11) is 0. The first-order valence-corrected chi connectivity index (χ1v) is 13.2. The Balaban J connectivity index is 1.70. The first-order chi connectivity index (χ1) is 13.3. The van der Waals surface area contributed by atoms with Gasteiger partial charge in [-0.3, -0.25) is 0 Å². The first-order valence-electron chi connectivity index (χ1n) is 9.57. The molecule has 5 rings (SSSR count). The van der Waals surface area contributed by atoms with Gasteiger partial charge in [0.1, 0.15) is 0 Å². The predicted molar refractivity (Wildman–Crippen MR) is 112 cm³/mol. The van der Waals surface area contributed by atoms with E-state index in [-0.39, 0.29) is 0 Å². The van der Waals surface area contributed by atoms with Crippen molar-refractivity contribution in [2.45, 2.75) is 19.8 Å². The van der Waals surface area contributed by atoms with Crippen molar-refractivity contribution in [1.82, 2.24) is 0 Å². The fourth-order valence-electron chi connectivity index (χ4n) is 4.22. The topological polar surface area (TPSA) is 0 Å². The van der Waals surface area contributed by atoms with Crippen LogP contribution >= 0.6 is 0 Å². The van der Waals surface area contributed by atoms with Gasteiger partial charge < -0.3 is 0 Å². The predicted octanol–water partition coefficient (Wildman–Crippen LogP) is 5.55. The Morgan fingerprint density at radius 1 is 0.815 bits per heavy atom. The van der Waals surface area contributed by atoms with Crippen LogP contribution in [0.25, 0.3) is 16.7 Å². The molecule has 3 aromatic carbocycles. The van der Waals surface area contributed by atoms with Gasteiger partial charge in [-0.2, -0.15) is 0 Å². The third-order valence-electron chi connectivity index (χ3n) is 5.62. The van der Waals surface area contributed by atoms with E-state index in [1.165, 1.54) is 33.4 Å². The molecule has 0 fully saturated rings. The zero-order valence-corrected chi connectivity index (χ0v) is 19.1. The summed E-state index contributed by atoms with van der Waals surface area (Å²) >= 11 is -1.15. The Morgan fingerprint density at radius 3 is 2.41 bits per heavy atom. The Hall–Kier alpha value is -2.12. The van der Waals surface area contributed by atoms with E-state index in [2.05, 4.69) is 91.9 Å². The normalized spacial score (nSPS) is 14.6. The molecule has 0 spiro atoms. The quantitative estimate of drug-likeness (QED) is 0.316. The molecule has 0 bridgehead atoms. The second-order valence-corrected chi connectivity index (χ2v) is 12.7. The van der Waals surface area contributed by atoms with Gasteiger partial charge in [-0.15, -0.1) is 0 Å². The molecule has 0 aromatic heterocycles. The van der Waals surface area contributed by atoms with Crippen LogP contribution in [0.15, 0.2) is 85.0 Å². The zero-order chi connectivity index (χ0) is 18.2. The van der Waals surface area contributed by atoms with Gasteiger partial charge in [0, 0.05) is 0 Å². The minimum atomic E-state index is -1.15. The average Bonchev–Trinajstić information content (AvgIpc) is 3.37. The standard InChI is InChI=1S/C18H13.C8H8.Hf/c1-2-6-13(5-1)14-9-10-18-16(11-14)12-15-7-3-4-8-17(15)18;1-2-8-6-4-3-5-7-8;/h1-5,7-10H,6,12H2;3-7H,1H3;. The van der Waals surface area contributed by atoms with Crippen molar-refractivity contribution in [3.05, 3.63) is 107 Å². The fourth-order valence-corrected chi connectivity index (χ4v) is 9.38. The first kappa shape index (κ1) is 17.0. The minimum absolute atomic E-state index is 1.08. The van der Waals surface area contributed by atoms with Gasteiger partial charge in [-0.1, -0.05) is 0 Å². The second kappa shape index (κ2) is 7.13. The molecule has 27 heavy (non-hydrogen) atoms. The summed E-state index contributed by atoms with van der Waals surface area (Å²) in [5.74, 6) is 0. The summed E-state index contributed by atoms with van der Waals surface area (Å²) in [6, 6.07) is 24.7. The van der Waals surface area contributed by atoms with E-state index in [1.807, 2.05) is 0 Å². The van der Waals surface area contributed by atoms with E-state index >= 15 is 0 Å². The van der Waals surface area contributed by atoms with Gasteiger partial charge >= 0.3 is 173 Å². The van der Waals surface area contributed by atoms with Crippen molar-refractivity contribution >= 4 is 12.1 Å². The molecule has 0 saturated heterocycles. The third-order valence-corrected chi connectivity index (χ3v) is 11.0. The number of allylic oxidation sites excluding steroid dienone is 4. The van der Waals surface area contributed by atoms with Gasteiger partial charge in [-0.05, 0) is 0 Å². The molecule has 0 atom stereocenters. The molecule has 0 N–H and O–H groups in total. The van der Waals surface area contributed by atoms with Crippen LogP contribution in [-0.2, 0) is 28.8 Å². The molecule has 3 aromatic rings. The molecular weight excluding hydrogens is 491 g/mol. The molecule has 0 amide bonds. The van der Waals surface area contributed by atoms with E-state index in [0.29, 0.717) is 0 Å². The van der Waals surface area contributed by atoms with Crippen LogP contribution in [0.2, 0.25) is 0 Å². The SMILES string of the molecule is C/[C](=[Hf]\[c]1c(C2=CC=CC2)ccc2c1Cc1ccccc1-2)c1ccccc1. The number of hydrogen-bond acceptors (Lipinski definition) is 0. The van der Waals surface area contributed by atoms with E-state index < -0.39 is 22.4 Å². The Kier molecular flexibility index (Phi) is 4.49. The number of hydrogen-bond donors (Lipinski definition) is 0. The van der Waals surface area contributed by atoms with E-state index in [1.54, 1.807) is 12.1 Å². The zero-order valence-electron chi connectivity index (χ0n) is 15.5. The maximum atomic E-state index is 2.40. The summed E-state index contributed by atoms with van der Waals surface area (Å²) in [5.41, 5.74) is 10.5. The van der Waals surface area contributed by atoms with Crippen LogP contribution in [0.1, 0.15) is 35.6 Å². The molecule has 0 heterocycles. The Labute approximate surface area is 172 Å². The Morgan fingerprint density at radius 2 is 1.59 bits per heavy atom. The molecular formula is C26H21Hf.